The first kappa shape index (κ1) is 15.5. The first-order valence-electron chi connectivity index (χ1n) is 7.12. The molecule has 1 aliphatic heterocycles. The van der Waals surface area contributed by atoms with Crippen molar-refractivity contribution in [2.75, 3.05) is 6.54 Å². The number of piperidine rings is 1. The van der Waals surface area contributed by atoms with Gasteiger partial charge in [-0.3, -0.25) is 0 Å². The minimum absolute atomic E-state index is 0.0118. The molecule has 2 rings (SSSR count). The Morgan fingerprint density at radius 3 is 2.70 bits per heavy atom. The molecule has 1 heterocycles. The van der Waals surface area contributed by atoms with Gasteiger partial charge in [-0.25, -0.2) is 8.42 Å². The highest BCUT2D eigenvalue weighted by atomic mass is 32.2. The molecule has 2 unspecified atom stereocenters. The molecule has 4 nitrogen and oxygen atoms in total. The molecular formula is C15H23NO3S. The largest absolute Gasteiger partial charge is 0.392 e. The molecule has 0 spiro atoms. The number of hydrogen-bond acceptors (Lipinski definition) is 3. The predicted octanol–water partition coefficient (Wildman–Crippen LogP) is 2.13. The summed E-state index contributed by atoms with van der Waals surface area (Å²) < 4.78 is 26.8. The fourth-order valence-corrected chi connectivity index (χ4v) is 4.69. The van der Waals surface area contributed by atoms with Crippen LogP contribution >= 0.6 is 0 Å². The third-order valence-electron chi connectivity index (χ3n) is 4.20. The van der Waals surface area contributed by atoms with Crippen molar-refractivity contribution in [3.8, 4) is 0 Å². The number of nitrogens with zero attached hydrogens (tertiary/aromatic N) is 1. The summed E-state index contributed by atoms with van der Waals surface area (Å²) in [6.45, 7) is 4.66. The topological polar surface area (TPSA) is 57.6 Å². The zero-order valence-electron chi connectivity index (χ0n) is 12.1. The van der Waals surface area contributed by atoms with E-state index in [1.807, 2.05) is 6.92 Å². The third kappa shape index (κ3) is 3.40. The lowest BCUT2D eigenvalue weighted by molar-refractivity contribution is 0.202. The highest BCUT2D eigenvalue weighted by Crippen LogP contribution is 2.27. The van der Waals surface area contributed by atoms with Gasteiger partial charge in [-0.2, -0.15) is 4.31 Å². The average molecular weight is 297 g/mol. The Labute approximate surface area is 121 Å². The van der Waals surface area contributed by atoms with E-state index >= 15 is 0 Å². The number of benzene rings is 1. The standard InChI is InChI=1S/C15H23NO3S/c1-12-5-4-8-16(13(12)2)20(18,19)11-15-7-3-6-14(9-15)10-17/h3,6-7,9,12-13,17H,4-5,8,10-11H2,1-2H3. The van der Waals surface area contributed by atoms with Gasteiger partial charge in [-0.05, 0) is 36.8 Å². The van der Waals surface area contributed by atoms with Crippen molar-refractivity contribution in [2.45, 2.75) is 45.1 Å². The number of rotatable bonds is 4. The van der Waals surface area contributed by atoms with Gasteiger partial charge in [-0.1, -0.05) is 31.2 Å². The molecule has 1 aromatic rings. The molecule has 1 aromatic carbocycles. The summed E-state index contributed by atoms with van der Waals surface area (Å²) >= 11 is 0. The molecule has 112 valence electrons. The Morgan fingerprint density at radius 2 is 2.00 bits per heavy atom. The van der Waals surface area contributed by atoms with Crippen LogP contribution in [0.4, 0.5) is 0 Å². The van der Waals surface area contributed by atoms with E-state index in [1.54, 1.807) is 28.6 Å². The van der Waals surface area contributed by atoms with E-state index in [0.29, 0.717) is 12.5 Å². The minimum Gasteiger partial charge on any atom is -0.392 e. The van der Waals surface area contributed by atoms with Crippen LogP contribution in [0, 0.1) is 5.92 Å². The molecule has 0 bridgehead atoms. The van der Waals surface area contributed by atoms with Crippen molar-refractivity contribution in [3.05, 3.63) is 35.4 Å². The lowest BCUT2D eigenvalue weighted by Gasteiger charge is -2.36. The van der Waals surface area contributed by atoms with E-state index in [2.05, 4.69) is 6.92 Å². The Morgan fingerprint density at radius 1 is 1.30 bits per heavy atom. The molecule has 0 aliphatic carbocycles. The van der Waals surface area contributed by atoms with Crippen LogP contribution in [0.3, 0.4) is 0 Å². The lowest BCUT2D eigenvalue weighted by atomic mass is 9.94. The van der Waals surface area contributed by atoms with E-state index in [0.717, 1.165) is 24.0 Å². The second-order valence-corrected chi connectivity index (χ2v) is 7.63. The molecule has 2 atom stereocenters. The van der Waals surface area contributed by atoms with Gasteiger partial charge in [0.05, 0.1) is 12.4 Å². The van der Waals surface area contributed by atoms with Gasteiger partial charge in [-0.15, -0.1) is 0 Å². The third-order valence-corrected chi connectivity index (χ3v) is 6.12. The van der Waals surface area contributed by atoms with E-state index in [1.165, 1.54) is 0 Å². The minimum atomic E-state index is -3.29. The van der Waals surface area contributed by atoms with Crippen LogP contribution in [-0.4, -0.2) is 30.4 Å². The number of sulfonamides is 1. The zero-order valence-corrected chi connectivity index (χ0v) is 12.9. The molecule has 1 N–H and O–H groups in total. The van der Waals surface area contributed by atoms with Crippen molar-refractivity contribution in [3.63, 3.8) is 0 Å². The summed E-state index contributed by atoms with van der Waals surface area (Å²) in [5.41, 5.74) is 1.49. The summed E-state index contributed by atoms with van der Waals surface area (Å²) in [7, 11) is -3.29. The summed E-state index contributed by atoms with van der Waals surface area (Å²) in [6, 6.07) is 7.21. The van der Waals surface area contributed by atoms with Crippen LogP contribution in [0.5, 0.6) is 0 Å². The summed E-state index contributed by atoms with van der Waals surface area (Å²) in [6.07, 6.45) is 2.02. The van der Waals surface area contributed by atoms with E-state index in [-0.39, 0.29) is 18.4 Å². The highest BCUT2D eigenvalue weighted by Gasteiger charge is 2.33. The number of aliphatic hydroxyl groups is 1. The summed E-state index contributed by atoms with van der Waals surface area (Å²) in [5, 5.41) is 9.13. The predicted molar refractivity (Wildman–Crippen MR) is 79.6 cm³/mol. The fourth-order valence-electron chi connectivity index (χ4n) is 2.80. The Bertz CT molecular complexity index is 556. The molecule has 0 saturated carbocycles. The quantitative estimate of drug-likeness (QED) is 0.926. The monoisotopic (exact) mass is 297 g/mol. The maximum absolute atomic E-state index is 12.6. The van der Waals surface area contributed by atoms with Crippen LogP contribution in [0.25, 0.3) is 0 Å². The van der Waals surface area contributed by atoms with Crippen molar-refractivity contribution in [1.29, 1.82) is 0 Å². The molecule has 1 saturated heterocycles. The molecular weight excluding hydrogens is 274 g/mol. The Hall–Kier alpha value is -0.910. The highest BCUT2D eigenvalue weighted by molar-refractivity contribution is 7.88. The first-order chi connectivity index (χ1) is 9.44. The summed E-state index contributed by atoms with van der Waals surface area (Å²) in [5.74, 6) is 0.417. The van der Waals surface area contributed by atoms with Gasteiger partial charge >= 0.3 is 0 Å². The normalized spacial score (nSPS) is 24.8. The fraction of sp³-hybridized carbons (Fsp3) is 0.600. The second-order valence-electron chi connectivity index (χ2n) is 5.71. The molecule has 0 amide bonds. The average Bonchev–Trinajstić information content (AvgIpc) is 2.41. The van der Waals surface area contributed by atoms with Crippen LogP contribution in [-0.2, 0) is 22.4 Å². The molecule has 0 radical (unpaired) electrons. The van der Waals surface area contributed by atoms with Crippen LogP contribution in [0.2, 0.25) is 0 Å². The molecule has 20 heavy (non-hydrogen) atoms. The Kier molecular flexibility index (Phi) is 4.83. The van der Waals surface area contributed by atoms with E-state index in [9.17, 15) is 8.42 Å². The van der Waals surface area contributed by atoms with Gasteiger partial charge in [0.25, 0.3) is 0 Å². The number of hydrogen-bond donors (Lipinski definition) is 1. The summed E-state index contributed by atoms with van der Waals surface area (Å²) in [4.78, 5) is 0. The van der Waals surface area contributed by atoms with Gasteiger partial charge in [0, 0.05) is 12.6 Å². The van der Waals surface area contributed by atoms with Crippen molar-refractivity contribution in [1.82, 2.24) is 4.31 Å². The van der Waals surface area contributed by atoms with Crippen LogP contribution in [0.15, 0.2) is 24.3 Å². The van der Waals surface area contributed by atoms with Crippen molar-refractivity contribution >= 4 is 10.0 Å². The van der Waals surface area contributed by atoms with E-state index < -0.39 is 10.0 Å². The molecule has 1 fully saturated rings. The Balaban J connectivity index is 2.17. The van der Waals surface area contributed by atoms with Crippen molar-refractivity contribution in [2.24, 2.45) is 5.92 Å². The zero-order chi connectivity index (χ0) is 14.8. The number of aliphatic hydroxyl groups excluding tert-OH is 1. The molecule has 1 aliphatic rings. The van der Waals surface area contributed by atoms with Gasteiger partial charge in [0.1, 0.15) is 0 Å². The smallest absolute Gasteiger partial charge is 0.218 e. The van der Waals surface area contributed by atoms with Crippen molar-refractivity contribution < 1.29 is 13.5 Å². The first-order valence-corrected chi connectivity index (χ1v) is 8.73. The maximum Gasteiger partial charge on any atom is 0.218 e. The lowest BCUT2D eigenvalue weighted by Crippen LogP contribution is -2.46. The van der Waals surface area contributed by atoms with E-state index in [4.69, 9.17) is 5.11 Å². The maximum atomic E-state index is 12.6. The second kappa shape index (κ2) is 6.24. The molecule has 0 aromatic heterocycles. The van der Waals surface area contributed by atoms with Gasteiger partial charge in [0.15, 0.2) is 0 Å². The van der Waals surface area contributed by atoms with Gasteiger partial charge < -0.3 is 5.11 Å². The van der Waals surface area contributed by atoms with Crippen LogP contribution < -0.4 is 0 Å². The van der Waals surface area contributed by atoms with Gasteiger partial charge in [0.2, 0.25) is 10.0 Å². The SMILES string of the molecule is CC1CCCN(S(=O)(=O)Cc2cccc(CO)c2)C1C. The molecule has 5 heteroatoms. The van der Waals surface area contributed by atoms with Crippen LogP contribution in [0.1, 0.15) is 37.8 Å².